The molecule has 0 aromatic carbocycles. The highest BCUT2D eigenvalue weighted by atomic mass is 35.5. The van der Waals surface area contributed by atoms with Crippen LogP contribution < -0.4 is 0 Å². The van der Waals surface area contributed by atoms with E-state index in [1.807, 2.05) is 0 Å². The fraction of sp³-hybridized carbons (Fsp3) is 0.929. The van der Waals surface area contributed by atoms with Crippen molar-refractivity contribution < 1.29 is 39.7 Å². The van der Waals surface area contributed by atoms with Gasteiger partial charge >= 0.3 is 6.03 Å². The van der Waals surface area contributed by atoms with Crippen molar-refractivity contribution in [2.45, 2.75) is 50.1 Å². The Kier molecular flexibility index (Phi) is 9.08. The van der Waals surface area contributed by atoms with E-state index in [1.54, 1.807) is 6.92 Å². The number of hydrogen-bond donors (Lipinski definition) is 4. The summed E-state index contributed by atoms with van der Waals surface area (Å²) >= 11 is 5.51. The largest absolute Gasteiger partial charge is 0.394 e. The summed E-state index contributed by atoms with van der Waals surface area (Å²) < 4.78 is 10.1. The number of ether oxygens (including phenoxy) is 2. The van der Waals surface area contributed by atoms with Gasteiger partial charge in [0, 0.05) is 19.5 Å². The first-order valence-corrected chi connectivity index (χ1v) is 8.91. The minimum atomic E-state index is -2.71. The number of unbranched alkanes of at least 4 members (excludes halogenated alkanes) is 1. The Hall–Kier alpha value is -1.28. The van der Waals surface area contributed by atoms with Crippen molar-refractivity contribution in [3.8, 4) is 0 Å². The molecule has 1 rings (SSSR count). The Bertz CT molecular complexity index is 496. The molecule has 1 saturated heterocycles. The van der Waals surface area contributed by atoms with Crippen LogP contribution >= 0.6 is 11.6 Å². The van der Waals surface area contributed by atoms with Crippen LogP contribution in [0.1, 0.15) is 19.8 Å². The van der Waals surface area contributed by atoms with Gasteiger partial charge in [-0.1, -0.05) is 13.3 Å². The molecule has 0 bridgehead atoms. The number of amides is 2. The molecular weight excluding hydrogens is 390 g/mol. The summed E-state index contributed by atoms with van der Waals surface area (Å²) in [4.78, 5) is 24.6. The molecule has 0 aromatic rings. The topological polar surface area (TPSA) is 166 Å². The average Bonchev–Trinajstić information content (AvgIpc) is 2.64. The number of halogens is 1. The van der Waals surface area contributed by atoms with Crippen molar-refractivity contribution in [2.24, 2.45) is 0 Å². The number of aliphatic hydroxyl groups excluding tert-OH is 3. The maximum atomic E-state index is 12.8. The predicted molar refractivity (Wildman–Crippen MR) is 91.1 cm³/mol. The average molecular weight is 416 g/mol. The third kappa shape index (κ3) is 4.77. The Morgan fingerprint density at radius 1 is 1.37 bits per heavy atom. The number of nitro groups is 1. The zero-order valence-electron chi connectivity index (χ0n) is 15.1. The number of nitrogens with zero attached hydrogens (tertiary/aromatic N) is 3. The number of carbonyl (C=O) groups excluding carboxylic acids is 1. The molecular formula is C14H26ClN3O9. The monoisotopic (exact) mass is 415 g/mol. The van der Waals surface area contributed by atoms with Crippen molar-refractivity contribution in [3.63, 3.8) is 0 Å². The lowest BCUT2D eigenvalue weighted by atomic mass is 9.90. The molecule has 27 heavy (non-hydrogen) atoms. The van der Waals surface area contributed by atoms with E-state index in [9.17, 15) is 35.3 Å². The van der Waals surface area contributed by atoms with Gasteiger partial charge in [-0.3, -0.25) is 4.90 Å². The van der Waals surface area contributed by atoms with Crippen molar-refractivity contribution in [1.82, 2.24) is 9.91 Å². The normalized spacial score (nSPS) is 30.8. The third-order valence-electron chi connectivity index (χ3n) is 4.31. The molecule has 0 aliphatic carbocycles. The predicted octanol–water partition coefficient (Wildman–Crippen LogP) is -1.28. The van der Waals surface area contributed by atoms with Crippen LogP contribution in [0.2, 0.25) is 0 Å². The van der Waals surface area contributed by atoms with Gasteiger partial charge in [-0.25, -0.2) is 14.9 Å². The number of rotatable bonds is 9. The molecule has 2 amide bonds. The van der Waals surface area contributed by atoms with E-state index in [0.29, 0.717) is 17.7 Å². The molecule has 13 heteroatoms. The number of methoxy groups -OCH3 is 1. The molecule has 1 aliphatic heterocycles. The van der Waals surface area contributed by atoms with E-state index in [0.717, 1.165) is 7.11 Å². The van der Waals surface area contributed by atoms with E-state index in [4.69, 9.17) is 21.1 Å². The third-order valence-corrected chi connectivity index (χ3v) is 4.48. The zero-order chi connectivity index (χ0) is 20.8. The maximum Gasteiger partial charge on any atom is 0.380 e. The van der Waals surface area contributed by atoms with Crippen molar-refractivity contribution in [1.29, 1.82) is 0 Å². The molecule has 5 atom stereocenters. The minimum Gasteiger partial charge on any atom is -0.394 e. The first kappa shape index (κ1) is 23.8. The Labute approximate surface area is 160 Å². The Balaban J connectivity index is 3.38. The van der Waals surface area contributed by atoms with Crippen LogP contribution in [0.15, 0.2) is 0 Å². The van der Waals surface area contributed by atoms with E-state index in [-0.39, 0.29) is 17.4 Å². The molecule has 1 aliphatic rings. The molecule has 0 spiro atoms. The molecule has 1 fully saturated rings. The van der Waals surface area contributed by atoms with Gasteiger partial charge in [-0.05, 0) is 11.4 Å². The minimum absolute atomic E-state index is 0.172. The Morgan fingerprint density at radius 2 is 2.00 bits per heavy atom. The van der Waals surface area contributed by atoms with Gasteiger partial charge in [0.05, 0.1) is 6.61 Å². The van der Waals surface area contributed by atoms with Crippen molar-refractivity contribution >= 4 is 17.6 Å². The summed E-state index contributed by atoms with van der Waals surface area (Å²) in [5.41, 5.74) is -2.71. The highest BCUT2D eigenvalue weighted by Crippen LogP contribution is 2.34. The summed E-state index contributed by atoms with van der Waals surface area (Å²) in [5.74, 6) is -0.249. The maximum absolute atomic E-state index is 12.8. The highest BCUT2D eigenvalue weighted by molar-refractivity contribution is 6.18. The number of aliphatic hydroxyl groups is 4. The number of alkyl halides is 1. The summed E-state index contributed by atoms with van der Waals surface area (Å²) in [7, 11) is 1.15. The van der Waals surface area contributed by atoms with Crippen molar-refractivity contribution in [3.05, 3.63) is 10.1 Å². The standard InChI is InChI=1S/C14H26ClN3O9/c1-3-4-6-16(13(22)17(7-5-15)18(24)25)14(23)10(20)9(8-19)27-12(26-2)11(14)21/h9-12,19-21,23H,3-8H2,1-2H3/t9-,10-,11+,12+,14-/m1/s1. The van der Waals surface area contributed by atoms with Crippen LogP contribution in [0.25, 0.3) is 0 Å². The van der Waals surface area contributed by atoms with Crippen LogP contribution in [0, 0.1) is 10.1 Å². The van der Waals surface area contributed by atoms with Gasteiger partial charge in [0.25, 0.3) is 0 Å². The highest BCUT2D eigenvalue weighted by Gasteiger charge is 2.61. The van der Waals surface area contributed by atoms with Crippen LogP contribution in [-0.4, -0.2) is 104 Å². The van der Waals surface area contributed by atoms with Gasteiger partial charge in [-0.15, -0.1) is 11.6 Å². The SMILES string of the molecule is CCCCN(C(=O)N(CCCl)[N+](=O)[O-])[C@@]1(O)[C@H](O)[C@@H](CO)O[C@H](OC)[C@@H]1O. The molecule has 1 heterocycles. The van der Waals surface area contributed by atoms with Crippen LogP contribution in [0.4, 0.5) is 4.79 Å². The van der Waals surface area contributed by atoms with Crippen LogP contribution in [-0.2, 0) is 9.47 Å². The molecule has 12 nitrogen and oxygen atoms in total. The van der Waals surface area contributed by atoms with Gasteiger partial charge < -0.3 is 29.9 Å². The summed E-state index contributed by atoms with van der Waals surface area (Å²) in [5, 5.41) is 51.9. The lowest BCUT2D eigenvalue weighted by Crippen LogP contribution is -2.76. The molecule has 0 saturated carbocycles. The number of carbonyl (C=O) groups is 1. The number of hydrogen-bond acceptors (Lipinski definition) is 9. The van der Waals surface area contributed by atoms with Crippen molar-refractivity contribution in [2.75, 3.05) is 32.7 Å². The molecule has 158 valence electrons. The summed E-state index contributed by atoms with van der Waals surface area (Å²) in [6.07, 6.45) is -5.97. The molecule has 4 N–H and O–H groups in total. The molecule has 0 aromatic heterocycles. The lowest BCUT2D eigenvalue weighted by molar-refractivity contribution is -0.633. The second kappa shape index (κ2) is 10.3. The second-order valence-corrected chi connectivity index (χ2v) is 6.35. The fourth-order valence-corrected chi connectivity index (χ4v) is 2.99. The quantitative estimate of drug-likeness (QED) is 0.155. The van der Waals surface area contributed by atoms with E-state index in [2.05, 4.69) is 0 Å². The van der Waals surface area contributed by atoms with Crippen LogP contribution in [0.5, 0.6) is 0 Å². The molecule has 0 unspecified atom stereocenters. The zero-order valence-corrected chi connectivity index (χ0v) is 15.9. The van der Waals surface area contributed by atoms with Gasteiger partial charge in [0.15, 0.2) is 17.4 Å². The summed E-state index contributed by atoms with van der Waals surface area (Å²) in [6.45, 7) is 0.335. The van der Waals surface area contributed by atoms with E-state index >= 15 is 0 Å². The van der Waals surface area contributed by atoms with E-state index in [1.165, 1.54) is 0 Å². The molecule has 0 radical (unpaired) electrons. The Morgan fingerprint density at radius 3 is 2.44 bits per heavy atom. The van der Waals surface area contributed by atoms with Crippen LogP contribution in [0.3, 0.4) is 0 Å². The van der Waals surface area contributed by atoms with E-state index < -0.39 is 54.5 Å². The fourth-order valence-electron chi connectivity index (χ4n) is 2.83. The first-order chi connectivity index (χ1) is 12.7. The number of urea groups is 1. The number of hydrazine groups is 1. The summed E-state index contributed by atoms with van der Waals surface area (Å²) in [6, 6.07) is -1.27. The first-order valence-electron chi connectivity index (χ1n) is 8.37. The van der Waals surface area contributed by atoms with Gasteiger partial charge in [0.1, 0.15) is 18.8 Å². The van der Waals surface area contributed by atoms with Gasteiger partial charge in [-0.2, -0.15) is 0 Å². The lowest BCUT2D eigenvalue weighted by Gasteiger charge is -2.52. The smallest absolute Gasteiger partial charge is 0.380 e. The second-order valence-electron chi connectivity index (χ2n) is 5.97. The van der Waals surface area contributed by atoms with Gasteiger partial charge in [0.2, 0.25) is 5.72 Å².